The number of nitrogens with zero attached hydrogens (tertiary/aromatic N) is 3. The van der Waals surface area contributed by atoms with Gasteiger partial charge in [0, 0.05) is 39.0 Å². The van der Waals surface area contributed by atoms with E-state index in [4.69, 9.17) is 0 Å². The van der Waals surface area contributed by atoms with Crippen molar-refractivity contribution in [3.05, 3.63) is 71.8 Å². The summed E-state index contributed by atoms with van der Waals surface area (Å²) < 4.78 is 0. The standard InChI is InChI=1S/C30H41N3O2/c1-25(34)32-21-15-29(16-22-32)30(35)33(24-28-11-6-3-7-12-28)18-8-17-31-19-13-27(14-20-31)23-26-9-4-2-5-10-26/h2-7,9-12,27,29H,8,13-24H2,1H3. The van der Waals surface area contributed by atoms with E-state index in [0.717, 1.165) is 51.4 Å². The molecule has 2 aromatic rings. The maximum Gasteiger partial charge on any atom is 0.226 e. The summed E-state index contributed by atoms with van der Waals surface area (Å²) in [7, 11) is 0. The van der Waals surface area contributed by atoms with Crippen LogP contribution in [-0.2, 0) is 22.6 Å². The molecule has 2 aromatic carbocycles. The van der Waals surface area contributed by atoms with Crippen LogP contribution < -0.4 is 0 Å². The molecule has 5 heteroatoms. The molecule has 0 saturated carbocycles. The first kappa shape index (κ1) is 25.4. The van der Waals surface area contributed by atoms with Crippen LogP contribution in [0.15, 0.2) is 60.7 Å². The average Bonchev–Trinajstić information content (AvgIpc) is 2.90. The zero-order valence-corrected chi connectivity index (χ0v) is 21.3. The molecule has 2 heterocycles. The van der Waals surface area contributed by atoms with E-state index < -0.39 is 0 Å². The lowest BCUT2D eigenvalue weighted by Crippen LogP contribution is -2.44. The van der Waals surface area contributed by atoms with Gasteiger partial charge in [0.05, 0.1) is 0 Å². The van der Waals surface area contributed by atoms with Crippen LogP contribution in [-0.4, -0.2) is 65.8 Å². The van der Waals surface area contributed by atoms with E-state index in [-0.39, 0.29) is 17.7 Å². The molecule has 0 radical (unpaired) electrons. The van der Waals surface area contributed by atoms with Crippen molar-refractivity contribution < 1.29 is 9.59 Å². The Bertz CT molecular complexity index is 917. The second kappa shape index (κ2) is 12.9. The number of likely N-dealkylation sites (tertiary alicyclic amines) is 2. The number of hydrogen-bond acceptors (Lipinski definition) is 3. The Labute approximate surface area is 211 Å². The Morgan fingerprint density at radius 2 is 1.43 bits per heavy atom. The number of piperidine rings is 2. The van der Waals surface area contributed by atoms with E-state index in [1.807, 2.05) is 23.1 Å². The molecular formula is C30H41N3O2. The molecule has 2 aliphatic rings. The molecular weight excluding hydrogens is 434 g/mol. The molecule has 0 spiro atoms. The summed E-state index contributed by atoms with van der Waals surface area (Å²) in [5.74, 6) is 1.19. The van der Waals surface area contributed by atoms with E-state index in [9.17, 15) is 9.59 Å². The predicted octanol–water partition coefficient (Wildman–Crippen LogP) is 4.62. The third-order valence-corrected chi connectivity index (χ3v) is 7.79. The van der Waals surface area contributed by atoms with Crippen LogP contribution in [0.25, 0.3) is 0 Å². The molecule has 4 rings (SSSR count). The first-order valence-electron chi connectivity index (χ1n) is 13.4. The van der Waals surface area contributed by atoms with Crippen LogP contribution in [0.5, 0.6) is 0 Å². The van der Waals surface area contributed by atoms with Gasteiger partial charge in [-0.05, 0) is 75.2 Å². The van der Waals surface area contributed by atoms with Crippen LogP contribution in [0.3, 0.4) is 0 Å². The van der Waals surface area contributed by atoms with Gasteiger partial charge in [0.2, 0.25) is 11.8 Å². The molecule has 188 valence electrons. The van der Waals surface area contributed by atoms with Crippen molar-refractivity contribution in [3.8, 4) is 0 Å². The molecule has 0 bridgehead atoms. The molecule has 0 unspecified atom stereocenters. The third kappa shape index (κ3) is 7.66. The Morgan fingerprint density at radius 3 is 2.03 bits per heavy atom. The number of hydrogen-bond donors (Lipinski definition) is 0. The highest BCUT2D eigenvalue weighted by atomic mass is 16.2. The van der Waals surface area contributed by atoms with Gasteiger partial charge in [-0.15, -0.1) is 0 Å². The molecule has 0 aliphatic carbocycles. The number of carbonyl (C=O) groups excluding carboxylic acids is 2. The Kier molecular flexibility index (Phi) is 9.35. The lowest BCUT2D eigenvalue weighted by atomic mass is 9.90. The van der Waals surface area contributed by atoms with Crippen molar-refractivity contribution in [2.45, 2.75) is 52.0 Å². The van der Waals surface area contributed by atoms with Crippen molar-refractivity contribution in [1.29, 1.82) is 0 Å². The van der Waals surface area contributed by atoms with E-state index >= 15 is 0 Å². The van der Waals surface area contributed by atoms with Crippen molar-refractivity contribution >= 4 is 11.8 Å². The Morgan fingerprint density at radius 1 is 0.829 bits per heavy atom. The minimum Gasteiger partial charge on any atom is -0.343 e. The molecule has 0 atom stereocenters. The van der Waals surface area contributed by atoms with Gasteiger partial charge >= 0.3 is 0 Å². The van der Waals surface area contributed by atoms with Gasteiger partial charge in [-0.2, -0.15) is 0 Å². The van der Waals surface area contributed by atoms with Crippen LogP contribution in [0.2, 0.25) is 0 Å². The minimum absolute atomic E-state index is 0.0306. The average molecular weight is 476 g/mol. The second-order valence-corrected chi connectivity index (χ2v) is 10.4. The molecule has 2 saturated heterocycles. The molecule has 5 nitrogen and oxygen atoms in total. The van der Waals surface area contributed by atoms with Gasteiger partial charge < -0.3 is 14.7 Å². The number of benzene rings is 2. The summed E-state index contributed by atoms with van der Waals surface area (Å²) in [5.41, 5.74) is 2.64. The highest BCUT2D eigenvalue weighted by molar-refractivity contribution is 5.79. The monoisotopic (exact) mass is 475 g/mol. The van der Waals surface area contributed by atoms with E-state index in [1.165, 1.54) is 30.4 Å². The fourth-order valence-corrected chi connectivity index (χ4v) is 5.62. The molecule has 0 aromatic heterocycles. The first-order valence-corrected chi connectivity index (χ1v) is 13.4. The topological polar surface area (TPSA) is 43.9 Å². The molecule has 0 N–H and O–H groups in total. The normalized spacial score (nSPS) is 17.9. The van der Waals surface area contributed by atoms with E-state index in [2.05, 4.69) is 52.3 Å². The van der Waals surface area contributed by atoms with Crippen LogP contribution in [0, 0.1) is 11.8 Å². The van der Waals surface area contributed by atoms with Crippen molar-refractivity contribution in [3.63, 3.8) is 0 Å². The molecule has 2 aliphatic heterocycles. The fourth-order valence-electron chi connectivity index (χ4n) is 5.62. The zero-order chi connectivity index (χ0) is 24.5. The van der Waals surface area contributed by atoms with Crippen LogP contribution in [0.1, 0.15) is 50.2 Å². The number of carbonyl (C=O) groups is 2. The van der Waals surface area contributed by atoms with Crippen LogP contribution in [0.4, 0.5) is 0 Å². The summed E-state index contributed by atoms with van der Waals surface area (Å²) >= 11 is 0. The SMILES string of the molecule is CC(=O)N1CCC(C(=O)N(CCCN2CCC(Cc3ccccc3)CC2)Cc2ccccc2)CC1. The summed E-state index contributed by atoms with van der Waals surface area (Å²) in [6, 6.07) is 21.2. The smallest absolute Gasteiger partial charge is 0.226 e. The van der Waals surface area contributed by atoms with Gasteiger partial charge in [-0.25, -0.2) is 0 Å². The molecule has 2 fully saturated rings. The maximum absolute atomic E-state index is 13.5. The largest absolute Gasteiger partial charge is 0.343 e. The van der Waals surface area contributed by atoms with E-state index in [0.29, 0.717) is 19.6 Å². The van der Waals surface area contributed by atoms with Gasteiger partial charge in [-0.1, -0.05) is 60.7 Å². The second-order valence-electron chi connectivity index (χ2n) is 10.4. The summed E-state index contributed by atoms with van der Waals surface area (Å²) in [6.07, 6.45) is 6.27. The predicted molar refractivity (Wildman–Crippen MR) is 141 cm³/mol. The van der Waals surface area contributed by atoms with Crippen molar-refractivity contribution in [2.75, 3.05) is 39.3 Å². The molecule has 2 amide bonds. The minimum atomic E-state index is 0.0306. The van der Waals surface area contributed by atoms with Gasteiger partial charge in [-0.3, -0.25) is 9.59 Å². The zero-order valence-electron chi connectivity index (χ0n) is 21.3. The lowest BCUT2D eigenvalue weighted by Gasteiger charge is -2.35. The third-order valence-electron chi connectivity index (χ3n) is 7.79. The number of rotatable bonds is 9. The van der Waals surface area contributed by atoms with Crippen molar-refractivity contribution in [2.24, 2.45) is 11.8 Å². The first-order chi connectivity index (χ1) is 17.1. The highest BCUT2D eigenvalue weighted by Crippen LogP contribution is 2.23. The summed E-state index contributed by atoms with van der Waals surface area (Å²) in [4.78, 5) is 31.7. The molecule has 35 heavy (non-hydrogen) atoms. The Hall–Kier alpha value is -2.66. The quantitative estimate of drug-likeness (QED) is 0.532. The fraction of sp³-hybridized carbons (Fsp3) is 0.533. The van der Waals surface area contributed by atoms with E-state index in [1.54, 1.807) is 6.92 Å². The van der Waals surface area contributed by atoms with Crippen molar-refractivity contribution in [1.82, 2.24) is 14.7 Å². The maximum atomic E-state index is 13.5. The van der Waals surface area contributed by atoms with Crippen LogP contribution >= 0.6 is 0 Å². The summed E-state index contributed by atoms with van der Waals surface area (Å²) in [6.45, 7) is 7.86. The van der Waals surface area contributed by atoms with Gasteiger partial charge in [0.25, 0.3) is 0 Å². The van der Waals surface area contributed by atoms with Gasteiger partial charge in [0.1, 0.15) is 0 Å². The lowest BCUT2D eigenvalue weighted by molar-refractivity contribution is -0.140. The number of amides is 2. The van der Waals surface area contributed by atoms with Gasteiger partial charge in [0.15, 0.2) is 0 Å². The Balaban J connectivity index is 1.25. The summed E-state index contributed by atoms with van der Waals surface area (Å²) in [5, 5.41) is 0. The highest BCUT2D eigenvalue weighted by Gasteiger charge is 2.29.